The Labute approximate surface area is 163 Å². The average molecular weight is 369 g/mol. The van der Waals surface area contributed by atoms with Gasteiger partial charge in [-0.25, -0.2) is 4.98 Å². The maximum Gasteiger partial charge on any atom is 0.256 e. The smallest absolute Gasteiger partial charge is 0.256 e. The molecular formula is C22H19N5O. The minimum absolute atomic E-state index is 0.216. The fraction of sp³-hybridized carbons (Fsp3) is 0.182. The Morgan fingerprint density at radius 2 is 1.96 bits per heavy atom. The average Bonchev–Trinajstić information content (AvgIpc) is 2.69. The van der Waals surface area contributed by atoms with E-state index in [1.165, 1.54) is 0 Å². The Kier molecular flexibility index (Phi) is 5.24. The molecule has 1 aliphatic rings. The van der Waals surface area contributed by atoms with Gasteiger partial charge in [0.1, 0.15) is 11.9 Å². The third kappa shape index (κ3) is 3.62. The minimum Gasteiger partial charge on any atom is -0.380 e. The quantitative estimate of drug-likeness (QED) is 0.859. The molecular weight excluding hydrogens is 350 g/mol. The molecule has 0 saturated heterocycles. The Hall–Kier alpha value is -3.90. The number of hydrogen-bond acceptors (Lipinski definition) is 5. The van der Waals surface area contributed by atoms with Gasteiger partial charge in [0, 0.05) is 23.0 Å². The maximum atomic E-state index is 12.6. The summed E-state index contributed by atoms with van der Waals surface area (Å²) in [5.74, 6) is 0.153. The Morgan fingerprint density at radius 3 is 2.61 bits per heavy atom. The van der Waals surface area contributed by atoms with Crippen molar-refractivity contribution in [2.45, 2.75) is 26.8 Å². The fourth-order valence-corrected chi connectivity index (χ4v) is 3.15. The molecule has 2 N–H and O–H groups in total. The summed E-state index contributed by atoms with van der Waals surface area (Å²) in [5, 5.41) is 25.1. The van der Waals surface area contributed by atoms with Gasteiger partial charge < -0.3 is 10.6 Å². The predicted octanol–water partition coefficient (Wildman–Crippen LogP) is 3.71. The van der Waals surface area contributed by atoms with Crippen LogP contribution in [0.5, 0.6) is 0 Å². The first-order valence-corrected chi connectivity index (χ1v) is 8.81. The molecule has 1 unspecified atom stereocenters. The van der Waals surface area contributed by atoms with Crippen LogP contribution in [0.15, 0.2) is 59.4 Å². The zero-order chi connectivity index (χ0) is 20.3. The molecule has 1 aromatic carbocycles. The first kappa shape index (κ1) is 18.9. The van der Waals surface area contributed by atoms with Crippen LogP contribution in [0.1, 0.15) is 35.3 Å². The van der Waals surface area contributed by atoms with Gasteiger partial charge in [0.2, 0.25) is 0 Å². The molecule has 0 bridgehead atoms. The lowest BCUT2D eigenvalue weighted by atomic mass is 9.86. The van der Waals surface area contributed by atoms with Gasteiger partial charge in [-0.05, 0) is 50.1 Å². The number of benzene rings is 1. The largest absolute Gasteiger partial charge is 0.380 e. The molecule has 6 nitrogen and oxygen atoms in total. The minimum atomic E-state index is -0.307. The lowest BCUT2D eigenvalue weighted by molar-refractivity contribution is 0.102. The van der Waals surface area contributed by atoms with Crippen molar-refractivity contribution in [1.29, 1.82) is 10.5 Å². The van der Waals surface area contributed by atoms with Crippen molar-refractivity contribution in [3.8, 4) is 12.1 Å². The lowest BCUT2D eigenvalue weighted by Crippen LogP contribution is -2.31. The first-order chi connectivity index (χ1) is 13.4. The third-order valence-electron chi connectivity index (χ3n) is 4.56. The molecule has 1 aromatic heterocycles. The zero-order valence-corrected chi connectivity index (χ0v) is 15.9. The summed E-state index contributed by atoms with van der Waals surface area (Å²) in [6, 6.07) is 14.7. The van der Waals surface area contributed by atoms with Crippen LogP contribution in [0, 0.1) is 29.6 Å². The fourth-order valence-electron chi connectivity index (χ4n) is 3.15. The molecule has 28 heavy (non-hydrogen) atoms. The molecule has 1 aliphatic heterocycles. The highest BCUT2D eigenvalue weighted by molar-refractivity contribution is 6.04. The topological polar surface area (TPSA) is 102 Å². The van der Waals surface area contributed by atoms with Crippen LogP contribution in [0.4, 0.5) is 5.82 Å². The van der Waals surface area contributed by atoms with Crippen LogP contribution < -0.4 is 10.6 Å². The number of rotatable bonds is 3. The van der Waals surface area contributed by atoms with Crippen LogP contribution >= 0.6 is 0 Å². The van der Waals surface area contributed by atoms with Crippen LogP contribution in [-0.2, 0) is 0 Å². The zero-order valence-electron chi connectivity index (χ0n) is 15.9. The van der Waals surface area contributed by atoms with Gasteiger partial charge in [-0.2, -0.15) is 10.5 Å². The van der Waals surface area contributed by atoms with E-state index >= 15 is 0 Å². The van der Waals surface area contributed by atoms with E-state index in [2.05, 4.69) is 27.8 Å². The van der Waals surface area contributed by atoms with Crippen molar-refractivity contribution >= 4 is 17.3 Å². The number of anilines is 1. The number of amides is 1. The van der Waals surface area contributed by atoms with E-state index in [1.54, 1.807) is 36.5 Å². The molecule has 2 heterocycles. The molecule has 1 atom stereocenters. The second-order valence-corrected chi connectivity index (χ2v) is 6.63. The van der Waals surface area contributed by atoms with E-state index in [4.69, 9.17) is 0 Å². The number of pyridine rings is 1. The maximum absolute atomic E-state index is 12.6. The second-order valence-electron chi connectivity index (χ2n) is 6.63. The summed E-state index contributed by atoms with van der Waals surface area (Å²) in [6.07, 6.45) is 1.68. The highest BCUT2D eigenvalue weighted by Crippen LogP contribution is 2.33. The van der Waals surface area contributed by atoms with Crippen molar-refractivity contribution in [3.63, 3.8) is 0 Å². The molecule has 2 aromatic rings. The highest BCUT2D eigenvalue weighted by Gasteiger charge is 2.26. The van der Waals surface area contributed by atoms with Crippen molar-refractivity contribution in [2.24, 2.45) is 0 Å². The van der Waals surface area contributed by atoms with Crippen molar-refractivity contribution in [3.05, 3.63) is 76.1 Å². The number of nitriles is 2. The van der Waals surface area contributed by atoms with Gasteiger partial charge >= 0.3 is 0 Å². The number of nitrogens with one attached hydrogen (secondary N) is 2. The predicted molar refractivity (Wildman–Crippen MR) is 107 cm³/mol. The second kappa shape index (κ2) is 7.77. The molecule has 0 spiro atoms. The normalized spacial score (nSPS) is 16.1. The number of allylic oxidation sites excluding steroid dienone is 3. The molecule has 0 fully saturated rings. The number of carbonyl (C=O) groups excluding carboxylic acids is 1. The monoisotopic (exact) mass is 369 g/mol. The van der Waals surface area contributed by atoms with Crippen molar-refractivity contribution < 1.29 is 4.79 Å². The number of dihydropyridines is 1. The van der Waals surface area contributed by atoms with E-state index in [9.17, 15) is 15.3 Å². The molecule has 6 heteroatoms. The molecule has 0 saturated carbocycles. The van der Waals surface area contributed by atoms with Gasteiger partial charge in [0.25, 0.3) is 5.91 Å². The summed E-state index contributed by atoms with van der Waals surface area (Å²) in [6.45, 7) is 5.60. The van der Waals surface area contributed by atoms with Gasteiger partial charge in [-0.3, -0.25) is 4.79 Å². The standard InChI is InChI=1S/C22H19N5O/c1-13-7-8-20(25-12-13)27-22(28)17-6-4-5-16(9-17)21-18(10-23)14(2)26-15(3)19(21)11-24/h4-9,12,14,26H,1-3H3,(H,25,27,28). The lowest BCUT2D eigenvalue weighted by Gasteiger charge is -2.25. The third-order valence-corrected chi connectivity index (χ3v) is 4.56. The summed E-state index contributed by atoms with van der Waals surface area (Å²) in [4.78, 5) is 16.8. The van der Waals surface area contributed by atoms with Crippen molar-refractivity contribution in [1.82, 2.24) is 10.3 Å². The molecule has 0 radical (unpaired) electrons. The Morgan fingerprint density at radius 1 is 1.18 bits per heavy atom. The molecule has 1 amide bonds. The summed E-state index contributed by atoms with van der Waals surface area (Å²) >= 11 is 0. The summed E-state index contributed by atoms with van der Waals surface area (Å²) < 4.78 is 0. The number of nitrogens with zero attached hydrogens (tertiary/aromatic N) is 3. The number of aryl methyl sites for hydroxylation is 1. The first-order valence-electron chi connectivity index (χ1n) is 8.81. The molecule has 3 rings (SSSR count). The highest BCUT2D eigenvalue weighted by atomic mass is 16.1. The van der Waals surface area contributed by atoms with Crippen LogP contribution in [0.25, 0.3) is 5.57 Å². The summed E-state index contributed by atoms with van der Waals surface area (Å²) in [5.41, 5.74) is 4.24. The Balaban J connectivity index is 2.00. The van der Waals surface area contributed by atoms with Gasteiger partial charge in [0.05, 0.1) is 23.3 Å². The number of hydrogen-bond donors (Lipinski definition) is 2. The van der Waals surface area contributed by atoms with Crippen LogP contribution in [-0.4, -0.2) is 16.9 Å². The number of aromatic nitrogens is 1. The van der Waals surface area contributed by atoms with Gasteiger partial charge in [-0.1, -0.05) is 18.2 Å². The van der Waals surface area contributed by atoms with E-state index in [0.29, 0.717) is 39.4 Å². The van der Waals surface area contributed by atoms with Crippen molar-refractivity contribution in [2.75, 3.05) is 5.32 Å². The SMILES string of the molecule is CC1=C(C#N)C(c2cccc(C(=O)Nc3ccc(C)cn3)c2)=C(C#N)C(C)N1. The van der Waals surface area contributed by atoms with E-state index < -0.39 is 0 Å². The van der Waals surface area contributed by atoms with E-state index in [0.717, 1.165) is 5.56 Å². The van der Waals surface area contributed by atoms with Crippen LogP contribution in [0.3, 0.4) is 0 Å². The molecule has 138 valence electrons. The van der Waals surface area contributed by atoms with Crippen LogP contribution in [0.2, 0.25) is 0 Å². The van der Waals surface area contributed by atoms with Gasteiger partial charge in [-0.15, -0.1) is 0 Å². The molecule has 0 aliphatic carbocycles. The van der Waals surface area contributed by atoms with Gasteiger partial charge in [0.15, 0.2) is 0 Å². The van der Waals surface area contributed by atoms with E-state index in [-0.39, 0.29) is 11.9 Å². The summed E-state index contributed by atoms with van der Waals surface area (Å²) in [7, 11) is 0. The Bertz CT molecular complexity index is 1080. The number of carbonyl (C=O) groups is 1. The van der Waals surface area contributed by atoms with E-state index in [1.807, 2.05) is 26.8 Å².